The molecule has 0 bridgehead atoms. The van der Waals surface area contributed by atoms with Crippen LogP contribution >= 0.6 is 0 Å². The molecule has 1 aliphatic heterocycles. The molecule has 4 rings (SSSR count). The molecule has 0 unspecified atom stereocenters. The maximum atomic E-state index is 12.9. The fourth-order valence-electron chi connectivity index (χ4n) is 4.33. The summed E-state index contributed by atoms with van der Waals surface area (Å²) in [6, 6.07) is 11.0. The molecule has 31 heavy (non-hydrogen) atoms. The molecule has 0 atom stereocenters. The van der Waals surface area contributed by atoms with E-state index in [-0.39, 0.29) is 11.8 Å². The lowest BCUT2D eigenvalue weighted by molar-refractivity contribution is 0.0696. The second-order valence-corrected chi connectivity index (χ2v) is 8.21. The molecule has 0 radical (unpaired) electrons. The third kappa shape index (κ3) is 5.05. The first-order chi connectivity index (χ1) is 15.1. The molecule has 164 valence electrons. The van der Waals surface area contributed by atoms with E-state index in [0.29, 0.717) is 55.0 Å². The number of morpholine rings is 1. The summed E-state index contributed by atoms with van der Waals surface area (Å²) in [5, 5.41) is 2.93. The zero-order chi connectivity index (χ0) is 21.6. The van der Waals surface area contributed by atoms with Crippen molar-refractivity contribution >= 4 is 23.3 Å². The van der Waals surface area contributed by atoms with Gasteiger partial charge in [-0.15, -0.1) is 0 Å². The zero-order valence-electron chi connectivity index (χ0n) is 18.0. The summed E-state index contributed by atoms with van der Waals surface area (Å²) in [6.45, 7) is 2.68. The molecular formula is C24H30N4O3. The number of ether oxygens (including phenoxy) is 1. The van der Waals surface area contributed by atoms with Crippen molar-refractivity contribution < 1.29 is 14.3 Å². The number of pyridine rings is 1. The number of amides is 2. The fourth-order valence-corrected chi connectivity index (χ4v) is 4.33. The highest BCUT2D eigenvalue weighted by Gasteiger charge is 2.23. The number of carbonyl (C=O) groups excluding carboxylic acids is 2. The Morgan fingerprint density at radius 1 is 1.06 bits per heavy atom. The monoisotopic (exact) mass is 422 g/mol. The number of benzene rings is 1. The van der Waals surface area contributed by atoms with Gasteiger partial charge in [-0.1, -0.05) is 19.3 Å². The molecular weight excluding hydrogens is 392 g/mol. The third-order valence-corrected chi connectivity index (χ3v) is 6.17. The number of rotatable bonds is 5. The van der Waals surface area contributed by atoms with Crippen LogP contribution in [0.3, 0.4) is 0 Å². The lowest BCUT2D eigenvalue weighted by Gasteiger charge is -2.31. The fraction of sp³-hybridized carbons (Fsp3) is 0.458. The maximum absolute atomic E-state index is 12.9. The van der Waals surface area contributed by atoms with Crippen LogP contribution in [0, 0.1) is 0 Å². The van der Waals surface area contributed by atoms with E-state index in [1.807, 2.05) is 11.9 Å². The molecule has 7 nitrogen and oxygen atoms in total. The number of anilines is 2. The number of hydrogen-bond acceptors (Lipinski definition) is 5. The molecule has 2 fully saturated rings. The molecule has 0 spiro atoms. The van der Waals surface area contributed by atoms with Crippen LogP contribution in [-0.2, 0) is 4.74 Å². The van der Waals surface area contributed by atoms with Gasteiger partial charge in [-0.2, -0.15) is 0 Å². The van der Waals surface area contributed by atoms with Gasteiger partial charge in [-0.05, 0) is 49.2 Å². The highest BCUT2D eigenvalue weighted by molar-refractivity contribution is 6.07. The van der Waals surface area contributed by atoms with Gasteiger partial charge in [0.2, 0.25) is 0 Å². The van der Waals surface area contributed by atoms with Crippen molar-refractivity contribution in [3.63, 3.8) is 0 Å². The first-order valence-electron chi connectivity index (χ1n) is 11.1. The van der Waals surface area contributed by atoms with Crippen LogP contribution in [0.1, 0.15) is 52.8 Å². The molecule has 2 heterocycles. The van der Waals surface area contributed by atoms with Gasteiger partial charge in [0.15, 0.2) is 0 Å². The van der Waals surface area contributed by atoms with E-state index in [1.54, 1.807) is 42.6 Å². The summed E-state index contributed by atoms with van der Waals surface area (Å²) in [5.74, 6) is 0.490. The average molecular weight is 423 g/mol. The molecule has 1 saturated heterocycles. The van der Waals surface area contributed by atoms with Crippen molar-refractivity contribution in [1.82, 2.24) is 9.88 Å². The van der Waals surface area contributed by atoms with Crippen molar-refractivity contribution in [2.45, 2.75) is 38.1 Å². The van der Waals surface area contributed by atoms with Crippen LogP contribution in [0.2, 0.25) is 0 Å². The van der Waals surface area contributed by atoms with Gasteiger partial charge in [-0.3, -0.25) is 9.59 Å². The minimum absolute atomic E-state index is 0.0339. The first kappa shape index (κ1) is 21.3. The Labute approximate surface area is 183 Å². The average Bonchev–Trinajstić information content (AvgIpc) is 2.84. The van der Waals surface area contributed by atoms with Crippen LogP contribution < -0.4 is 10.2 Å². The van der Waals surface area contributed by atoms with Gasteiger partial charge in [-0.25, -0.2) is 4.98 Å². The number of nitrogens with one attached hydrogen (secondary N) is 1. The van der Waals surface area contributed by atoms with Crippen molar-refractivity contribution in [3.05, 3.63) is 53.7 Å². The molecule has 1 saturated carbocycles. The summed E-state index contributed by atoms with van der Waals surface area (Å²) in [7, 11) is 1.89. The first-order valence-corrected chi connectivity index (χ1v) is 11.1. The smallest absolute Gasteiger partial charge is 0.259 e. The van der Waals surface area contributed by atoms with Crippen LogP contribution in [0.25, 0.3) is 0 Å². The van der Waals surface area contributed by atoms with E-state index in [0.717, 1.165) is 12.8 Å². The van der Waals surface area contributed by atoms with Crippen molar-refractivity contribution in [2.75, 3.05) is 43.6 Å². The van der Waals surface area contributed by atoms with E-state index in [4.69, 9.17) is 4.74 Å². The molecule has 2 aromatic rings. The van der Waals surface area contributed by atoms with Crippen molar-refractivity contribution in [3.8, 4) is 0 Å². The number of hydrogen-bond donors (Lipinski definition) is 1. The highest BCUT2D eigenvalue weighted by Crippen LogP contribution is 2.24. The van der Waals surface area contributed by atoms with Gasteiger partial charge in [0.05, 0.1) is 18.8 Å². The predicted molar refractivity (Wildman–Crippen MR) is 121 cm³/mol. The zero-order valence-corrected chi connectivity index (χ0v) is 18.0. The molecule has 1 aromatic carbocycles. The molecule has 2 aliphatic rings. The number of aromatic nitrogens is 1. The highest BCUT2D eigenvalue weighted by atomic mass is 16.5. The van der Waals surface area contributed by atoms with E-state index in [1.165, 1.54) is 19.3 Å². The second-order valence-electron chi connectivity index (χ2n) is 8.21. The molecule has 1 aliphatic carbocycles. The maximum Gasteiger partial charge on any atom is 0.259 e. The van der Waals surface area contributed by atoms with Gasteiger partial charge >= 0.3 is 0 Å². The summed E-state index contributed by atoms with van der Waals surface area (Å²) in [4.78, 5) is 34.1. The predicted octanol–water partition coefficient (Wildman–Crippen LogP) is 3.58. The molecule has 1 N–H and O–H groups in total. The summed E-state index contributed by atoms with van der Waals surface area (Å²) < 4.78 is 5.40. The Morgan fingerprint density at radius 2 is 1.77 bits per heavy atom. The standard InChI is InChI=1S/C24H30N4O3/c1-27(20-6-3-2-4-7-20)24(30)18-9-11-19(12-10-18)26-23(29)21-8-5-13-25-22(21)28-14-16-31-17-15-28/h5,8-13,20H,2-4,6-7,14-17H2,1H3,(H,26,29). The molecule has 2 amide bonds. The Kier molecular flexibility index (Phi) is 6.82. The number of carbonyl (C=O) groups is 2. The van der Waals surface area contributed by atoms with E-state index >= 15 is 0 Å². The van der Waals surface area contributed by atoms with Crippen molar-refractivity contribution in [2.24, 2.45) is 0 Å². The minimum atomic E-state index is -0.215. The Balaban J connectivity index is 1.42. The van der Waals surface area contributed by atoms with E-state index < -0.39 is 0 Å². The quantitative estimate of drug-likeness (QED) is 0.797. The molecule has 1 aromatic heterocycles. The summed E-state index contributed by atoms with van der Waals surface area (Å²) >= 11 is 0. The van der Waals surface area contributed by atoms with Gasteiger partial charge in [0, 0.05) is 43.6 Å². The SMILES string of the molecule is CN(C(=O)c1ccc(NC(=O)c2cccnc2N2CCOCC2)cc1)C1CCCCC1. The normalized spacial score (nSPS) is 17.3. The Hall–Kier alpha value is -2.93. The minimum Gasteiger partial charge on any atom is -0.378 e. The topological polar surface area (TPSA) is 74.8 Å². The third-order valence-electron chi connectivity index (χ3n) is 6.17. The summed E-state index contributed by atoms with van der Waals surface area (Å²) in [6.07, 6.45) is 7.49. The Bertz CT molecular complexity index is 903. The van der Waals surface area contributed by atoms with Crippen molar-refractivity contribution in [1.29, 1.82) is 0 Å². The lowest BCUT2D eigenvalue weighted by Crippen LogP contribution is -2.38. The van der Waals surface area contributed by atoms with E-state index in [2.05, 4.69) is 15.2 Å². The van der Waals surface area contributed by atoms with Crippen LogP contribution in [0.5, 0.6) is 0 Å². The van der Waals surface area contributed by atoms with E-state index in [9.17, 15) is 9.59 Å². The van der Waals surface area contributed by atoms with Gasteiger partial charge < -0.3 is 19.9 Å². The van der Waals surface area contributed by atoms with Crippen LogP contribution in [-0.4, -0.2) is 61.1 Å². The lowest BCUT2D eigenvalue weighted by atomic mass is 9.94. The largest absolute Gasteiger partial charge is 0.378 e. The van der Waals surface area contributed by atoms with Crippen LogP contribution in [0.4, 0.5) is 11.5 Å². The van der Waals surface area contributed by atoms with Crippen LogP contribution in [0.15, 0.2) is 42.6 Å². The second kappa shape index (κ2) is 9.92. The molecule has 7 heteroatoms. The van der Waals surface area contributed by atoms with Gasteiger partial charge in [0.1, 0.15) is 5.82 Å². The Morgan fingerprint density at radius 3 is 2.48 bits per heavy atom. The van der Waals surface area contributed by atoms with Gasteiger partial charge in [0.25, 0.3) is 11.8 Å². The summed E-state index contributed by atoms with van der Waals surface area (Å²) in [5.41, 5.74) is 1.82. The number of nitrogens with zero attached hydrogens (tertiary/aromatic N) is 3.